The highest BCUT2D eigenvalue weighted by molar-refractivity contribution is 5.88. The van der Waals surface area contributed by atoms with E-state index in [0.717, 1.165) is 0 Å². The largest absolute Gasteiger partial charge is 0.356 e. The number of nitrogens with one attached hydrogen (secondary N) is 2. The summed E-state index contributed by atoms with van der Waals surface area (Å²) in [6.45, 7) is 5.87. The second kappa shape index (κ2) is 6.73. The second-order valence-corrected chi connectivity index (χ2v) is 4.26. The van der Waals surface area contributed by atoms with Crippen LogP contribution in [0.2, 0.25) is 0 Å². The highest BCUT2D eigenvalue weighted by Crippen LogP contribution is 2.09. The van der Waals surface area contributed by atoms with Crippen LogP contribution in [0.15, 0.2) is 6.33 Å². The molecule has 100 valence electrons. The summed E-state index contributed by atoms with van der Waals surface area (Å²) < 4.78 is 1.64. The zero-order valence-electron chi connectivity index (χ0n) is 10.9. The van der Waals surface area contributed by atoms with E-state index in [-0.39, 0.29) is 17.9 Å². The molecule has 1 aromatic heterocycles. The molecule has 7 heteroatoms. The molecule has 2 amide bonds. The minimum atomic E-state index is -0.129. The van der Waals surface area contributed by atoms with Crippen molar-refractivity contribution in [3.8, 4) is 0 Å². The lowest BCUT2D eigenvalue weighted by Crippen LogP contribution is -2.23. The lowest BCUT2D eigenvalue weighted by molar-refractivity contribution is -0.119. The van der Waals surface area contributed by atoms with Crippen LogP contribution in [0.3, 0.4) is 0 Å². The van der Waals surface area contributed by atoms with Gasteiger partial charge in [0.2, 0.25) is 17.8 Å². The third kappa shape index (κ3) is 4.52. The van der Waals surface area contributed by atoms with Crippen LogP contribution in [-0.2, 0) is 9.59 Å². The van der Waals surface area contributed by atoms with Gasteiger partial charge in [0.15, 0.2) is 0 Å². The van der Waals surface area contributed by atoms with Crippen LogP contribution < -0.4 is 10.6 Å². The van der Waals surface area contributed by atoms with Gasteiger partial charge in [-0.2, -0.15) is 10.1 Å². The fourth-order valence-corrected chi connectivity index (χ4v) is 1.42. The average Bonchev–Trinajstić information content (AvgIpc) is 2.72. The fraction of sp³-hybridized carbons (Fsp3) is 0.636. The van der Waals surface area contributed by atoms with Crippen molar-refractivity contribution in [3.05, 3.63) is 6.33 Å². The zero-order chi connectivity index (χ0) is 13.5. The third-order valence-corrected chi connectivity index (χ3v) is 2.27. The van der Waals surface area contributed by atoms with Gasteiger partial charge in [-0.25, -0.2) is 4.68 Å². The smallest absolute Gasteiger partial charge is 0.228 e. The van der Waals surface area contributed by atoms with E-state index in [1.165, 1.54) is 13.3 Å². The number of nitrogens with zero attached hydrogens (tertiary/aromatic N) is 3. The van der Waals surface area contributed by atoms with Crippen molar-refractivity contribution in [2.75, 3.05) is 11.9 Å². The summed E-state index contributed by atoms with van der Waals surface area (Å²) in [5.74, 6) is 0.236. The summed E-state index contributed by atoms with van der Waals surface area (Å²) in [6.07, 6.45) is 2.35. The molecular weight excluding hydrogens is 234 g/mol. The van der Waals surface area contributed by atoms with Gasteiger partial charge >= 0.3 is 0 Å². The second-order valence-electron chi connectivity index (χ2n) is 4.26. The summed E-state index contributed by atoms with van der Waals surface area (Å²) in [7, 11) is 0. The first kappa shape index (κ1) is 14.1. The van der Waals surface area contributed by atoms with Crippen LogP contribution in [-0.4, -0.2) is 33.1 Å². The predicted molar refractivity (Wildman–Crippen MR) is 67.0 cm³/mol. The maximum atomic E-state index is 11.6. The van der Waals surface area contributed by atoms with Gasteiger partial charge in [0.05, 0.1) is 6.04 Å². The third-order valence-electron chi connectivity index (χ3n) is 2.27. The highest BCUT2D eigenvalue weighted by atomic mass is 16.2. The summed E-state index contributed by atoms with van der Waals surface area (Å²) in [5.41, 5.74) is 0. The van der Waals surface area contributed by atoms with Crippen LogP contribution in [0.4, 0.5) is 5.95 Å². The Morgan fingerprint density at radius 3 is 2.78 bits per heavy atom. The molecule has 0 aromatic carbocycles. The quantitative estimate of drug-likeness (QED) is 0.731. The molecule has 1 heterocycles. The molecule has 2 N–H and O–H groups in total. The van der Waals surface area contributed by atoms with Crippen LogP contribution in [0, 0.1) is 0 Å². The van der Waals surface area contributed by atoms with Crippen molar-refractivity contribution in [3.63, 3.8) is 0 Å². The van der Waals surface area contributed by atoms with Gasteiger partial charge in [0.25, 0.3) is 0 Å². The molecule has 0 radical (unpaired) electrons. The summed E-state index contributed by atoms with van der Waals surface area (Å²) in [4.78, 5) is 26.2. The predicted octanol–water partition coefficient (Wildman–Crippen LogP) is 0.714. The minimum absolute atomic E-state index is 0.0880. The van der Waals surface area contributed by atoms with E-state index in [2.05, 4.69) is 20.7 Å². The number of amides is 2. The highest BCUT2D eigenvalue weighted by Gasteiger charge is 2.10. The van der Waals surface area contributed by atoms with Crippen molar-refractivity contribution in [2.45, 2.75) is 39.7 Å². The standard InChI is InChI=1S/C11H19N5O2/c1-8(2)16-11(13-7-14-16)15-10(18)5-4-6-12-9(3)17/h7-8H,4-6H2,1-3H3,(H,12,17)(H,13,14,15,18). The van der Waals surface area contributed by atoms with Gasteiger partial charge in [0, 0.05) is 19.9 Å². The van der Waals surface area contributed by atoms with Crippen molar-refractivity contribution in [1.29, 1.82) is 0 Å². The van der Waals surface area contributed by atoms with Gasteiger partial charge in [-0.3, -0.25) is 14.9 Å². The number of carbonyl (C=O) groups is 2. The van der Waals surface area contributed by atoms with Gasteiger partial charge in [-0.15, -0.1) is 0 Å². The van der Waals surface area contributed by atoms with Crippen LogP contribution in [0.5, 0.6) is 0 Å². The number of carbonyl (C=O) groups excluding carboxylic acids is 2. The van der Waals surface area contributed by atoms with Gasteiger partial charge in [-0.1, -0.05) is 0 Å². The summed E-state index contributed by atoms with van der Waals surface area (Å²) in [5, 5.41) is 9.36. The van der Waals surface area contributed by atoms with E-state index in [0.29, 0.717) is 25.3 Å². The zero-order valence-corrected chi connectivity index (χ0v) is 10.9. The molecule has 0 saturated carbocycles. The molecule has 0 atom stereocenters. The number of hydrogen-bond acceptors (Lipinski definition) is 4. The molecule has 0 fully saturated rings. The molecule has 0 bridgehead atoms. The Hall–Kier alpha value is -1.92. The van der Waals surface area contributed by atoms with E-state index >= 15 is 0 Å². The number of aromatic nitrogens is 3. The molecular formula is C11H19N5O2. The monoisotopic (exact) mass is 253 g/mol. The first-order valence-corrected chi connectivity index (χ1v) is 5.94. The van der Waals surface area contributed by atoms with Gasteiger partial charge < -0.3 is 5.32 Å². The van der Waals surface area contributed by atoms with Gasteiger partial charge in [0.1, 0.15) is 6.33 Å². The molecule has 0 saturated heterocycles. The fourth-order valence-electron chi connectivity index (χ4n) is 1.42. The molecule has 0 aliphatic heterocycles. The summed E-state index contributed by atoms with van der Waals surface area (Å²) >= 11 is 0. The Kier molecular flexibility index (Phi) is 5.29. The molecule has 1 rings (SSSR count). The Morgan fingerprint density at radius 2 is 2.17 bits per heavy atom. The van der Waals surface area contributed by atoms with Gasteiger partial charge in [-0.05, 0) is 20.3 Å². The molecule has 1 aromatic rings. The van der Waals surface area contributed by atoms with Crippen molar-refractivity contribution in [1.82, 2.24) is 20.1 Å². The average molecular weight is 253 g/mol. The van der Waals surface area contributed by atoms with Crippen molar-refractivity contribution >= 4 is 17.8 Å². The number of rotatable bonds is 6. The Bertz CT molecular complexity index is 413. The molecule has 0 unspecified atom stereocenters. The number of hydrogen-bond donors (Lipinski definition) is 2. The SMILES string of the molecule is CC(=O)NCCCC(=O)Nc1ncnn1C(C)C. The minimum Gasteiger partial charge on any atom is -0.356 e. The number of anilines is 1. The van der Waals surface area contributed by atoms with Crippen molar-refractivity contribution < 1.29 is 9.59 Å². The van der Waals surface area contributed by atoms with E-state index in [1.54, 1.807) is 4.68 Å². The Morgan fingerprint density at radius 1 is 1.44 bits per heavy atom. The maximum absolute atomic E-state index is 11.6. The van der Waals surface area contributed by atoms with E-state index in [1.807, 2.05) is 13.8 Å². The molecule has 7 nitrogen and oxygen atoms in total. The first-order chi connectivity index (χ1) is 8.50. The molecule has 18 heavy (non-hydrogen) atoms. The molecule has 0 spiro atoms. The van der Waals surface area contributed by atoms with E-state index in [9.17, 15) is 9.59 Å². The van der Waals surface area contributed by atoms with E-state index in [4.69, 9.17) is 0 Å². The summed E-state index contributed by atoms with van der Waals surface area (Å²) in [6, 6.07) is 0.141. The van der Waals surface area contributed by atoms with Crippen LogP contribution >= 0.6 is 0 Å². The first-order valence-electron chi connectivity index (χ1n) is 5.94. The lowest BCUT2D eigenvalue weighted by Gasteiger charge is -2.10. The molecule has 0 aliphatic rings. The lowest BCUT2D eigenvalue weighted by atomic mass is 10.3. The maximum Gasteiger partial charge on any atom is 0.228 e. The van der Waals surface area contributed by atoms with E-state index < -0.39 is 0 Å². The van der Waals surface area contributed by atoms with Crippen LogP contribution in [0.25, 0.3) is 0 Å². The van der Waals surface area contributed by atoms with Crippen LogP contribution in [0.1, 0.15) is 39.7 Å². The Balaban J connectivity index is 2.35. The van der Waals surface area contributed by atoms with Crippen molar-refractivity contribution in [2.24, 2.45) is 0 Å². The molecule has 0 aliphatic carbocycles. The topological polar surface area (TPSA) is 88.9 Å². The normalized spacial score (nSPS) is 10.4. The Labute approximate surface area is 106 Å².